The molecule has 0 saturated carbocycles. The SMILES string of the molecule is CN(C)C(=O)CN1C=CC(NCc2ccccc2)C(NCc2ccc(-c3ccccc3C#N)cc2)(NCc2ccc(-c3ccccc3-c3nn[nH]n3)cc2)C1=O. The molecule has 2 heterocycles. The summed E-state index contributed by atoms with van der Waals surface area (Å²) in [6, 6.07) is 43.3. The van der Waals surface area contributed by atoms with Gasteiger partial charge in [0.05, 0.1) is 17.7 Å². The topological polar surface area (TPSA) is 155 Å². The van der Waals surface area contributed by atoms with Gasteiger partial charge in [0, 0.05) is 45.5 Å². The fraction of sp³-hybridized carbons (Fsp3) is 0.182. The van der Waals surface area contributed by atoms with Gasteiger partial charge < -0.3 is 15.1 Å². The van der Waals surface area contributed by atoms with Crippen LogP contribution in [0.2, 0.25) is 0 Å². The van der Waals surface area contributed by atoms with Gasteiger partial charge in [-0.1, -0.05) is 121 Å². The van der Waals surface area contributed by atoms with E-state index in [2.05, 4.69) is 42.6 Å². The maximum Gasteiger partial charge on any atom is 0.264 e. The van der Waals surface area contributed by atoms with E-state index in [9.17, 15) is 14.9 Å². The number of amides is 2. The van der Waals surface area contributed by atoms with Gasteiger partial charge >= 0.3 is 0 Å². The second-order valence-electron chi connectivity index (χ2n) is 13.8. The first-order valence-electron chi connectivity index (χ1n) is 18.3. The predicted octanol–water partition coefficient (Wildman–Crippen LogP) is 5.25. The highest BCUT2D eigenvalue weighted by Crippen LogP contribution is 2.30. The van der Waals surface area contributed by atoms with Crippen LogP contribution in [0.3, 0.4) is 0 Å². The van der Waals surface area contributed by atoms with Crippen LogP contribution < -0.4 is 16.0 Å². The van der Waals surface area contributed by atoms with E-state index in [4.69, 9.17) is 0 Å². The summed E-state index contributed by atoms with van der Waals surface area (Å²) >= 11 is 0. The number of tetrazole rings is 1. The quantitative estimate of drug-likeness (QED) is 0.110. The fourth-order valence-electron chi connectivity index (χ4n) is 6.78. The normalized spacial score (nSPS) is 16.4. The molecule has 2 amide bonds. The van der Waals surface area contributed by atoms with E-state index in [0.717, 1.165) is 44.5 Å². The van der Waals surface area contributed by atoms with Gasteiger partial charge in [0.1, 0.15) is 6.54 Å². The summed E-state index contributed by atoms with van der Waals surface area (Å²) in [7, 11) is 3.36. The van der Waals surface area contributed by atoms with E-state index in [1.165, 1.54) is 9.80 Å². The molecule has 56 heavy (non-hydrogen) atoms. The van der Waals surface area contributed by atoms with Crippen molar-refractivity contribution >= 4 is 11.8 Å². The van der Waals surface area contributed by atoms with Crippen LogP contribution in [0.4, 0.5) is 0 Å². The number of benzene rings is 5. The molecule has 1 aliphatic heterocycles. The van der Waals surface area contributed by atoms with Gasteiger partial charge in [-0.05, 0) is 56.3 Å². The smallest absolute Gasteiger partial charge is 0.264 e. The van der Waals surface area contributed by atoms with E-state index in [-0.39, 0.29) is 18.4 Å². The van der Waals surface area contributed by atoms with Gasteiger partial charge in [-0.3, -0.25) is 20.2 Å². The molecule has 1 aromatic heterocycles. The number of aromatic amines is 1. The van der Waals surface area contributed by atoms with Crippen molar-refractivity contribution in [1.29, 1.82) is 5.26 Å². The Morgan fingerprint density at radius 1 is 0.768 bits per heavy atom. The van der Waals surface area contributed by atoms with Gasteiger partial charge in [-0.15, -0.1) is 10.2 Å². The molecule has 6 aromatic rings. The Balaban J connectivity index is 1.20. The monoisotopic (exact) mass is 742 g/mol. The lowest BCUT2D eigenvalue weighted by Crippen LogP contribution is -2.75. The second kappa shape index (κ2) is 17.1. The molecule has 280 valence electrons. The van der Waals surface area contributed by atoms with Crippen molar-refractivity contribution in [3.8, 4) is 39.7 Å². The van der Waals surface area contributed by atoms with E-state index >= 15 is 0 Å². The largest absolute Gasteiger partial charge is 0.347 e. The Morgan fingerprint density at radius 2 is 1.34 bits per heavy atom. The third-order valence-electron chi connectivity index (χ3n) is 9.93. The lowest BCUT2D eigenvalue weighted by atomic mass is 9.92. The summed E-state index contributed by atoms with van der Waals surface area (Å²) in [5, 5.41) is 35.1. The van der Waals surface area contributed by atoms with E-state index in [1.54, 1.807) is 26.4 Å². The molecule has 12 nitrogen and oxygen atoms in total. The van der Waals surface area contributed by atoms with Gasteiger partial charge in [-0.2, -0.15) is 10.5 Å². The molecule has 2 unspecified atom stereocenters. The fourth-order valence-corrected chi connectivity index (χ4v) is 6.78. The molecular formula is C44H42N10O2. The van der Waals surface area contributed by atoms with Gasteiger partial charge in [0.25, 0.3) is 5.91 Å². The van der Waals surface area contributed by atoms with Crippen molar-refractivity contribution in [2.24, 2.45) is 0 Å². The summed E-state index contributed by atoms with van der Waals surface area (Å²) in [5.74, 6) is 0.0275. The van der Waals surface area contributed by atoms with Crippen molar-refractivity contribution < 1.29 is 9.59 Å². The maximum absolute atomic E-state index is 14.9. The van der Waals surface area contributed by atoms with Crippen LogP contribution in [0.5, 0.6) is 0 Å². The summed E-state index contributed by atoms with van der Waals surface area (Å²) in [6.07, 6.45) is 3.64. The zero-order valence-electron chi connectivity index (χ0n) is 31.2. The predicted molar refractivity (Wildman–Crippen MR) is 215 cm³/mol. The van der Waals surface area contributed by atoms with Gasteiger partial charge in [0.15, 0.2) is 5.66 Å². The van der Waals surface area contributed by atoms with Crippen LogP contribution in [0.15, 0.2) is 140 Å². The standard InChI is InChI=1S/C44H42N10O2/c1-53(2)41(55)30-54-25-24-40(46-27-31-10-4-3-5-11-31)44(43(54)56,47-28-32-16-20-34(21-17-32)37-13-7-6-12-36(37)26-45)48-29-33-18-22-35(23-19-33)38-14-8-9-15-39(38)42-49-51-52-50-42/h3-25,40,46-48H,27-30H2,1-2H3,(H,49,50,51,52). The number of nitrogens with one attached hydrogen (secondary N) is 4. The Hall–Kier alpha value is -6.78. The van der Waals surface area contributed by atoms with Crippen LogP contribution in [-0.4, -0.2) is 74.6 Å². The van der Waals surface area contributed by atoms with Crippen LogP contribution in [0, 0.1) is 11.3 Å². The van der Waals surface area contributed by atoms with E-state index in [1.807, 2.05) is 127 Å². The van der Waals surface area contributed by atoms with Crippen LogP contribution in [0.25, 0.3) is 33.6 Å². The van der Waals surface area contributed by atoms with Crippen LogP contribution in [0.1, 0.15) is 22.3 Å². The number of carbonyl (C=O) groups excluding carboxylic acids is 2. The minimum absolute atomic E-state index is 0.111. The first-order valence-corrected chi connectivity index (χ1v) is 18.3. The lowest BCUT2D eigenvalue weighted by Gasteiger charge is -2.45. The summed E-state index contributed by atoms with van der Waals surface area (Å²) in [6.45, 7) is 1.06. The second-order valence-corrected chi connectivity index (χ2v) is 13.8. The van der Waals surface area contributed by atoms with Crippen LogP contribution in [-0.2, 0) is 29.2 Å². The Labute approximate surface area is 325 Å². The zero-order valence-corrected chi connectivity index (χ0v) is 31.2. The molecule has 0 radical (unpaired) electrons. The minimum Gasteiger partial charge on any atom is -0.347 e. The maximum atomic E-state index is 14.9. The van der Waals surface area contributed by atoms with Crippen molar-refractivity contribution in [3.05, 3.63) is 162 Å². The number of aromatic nitrogens is 4. The number of nitriles is 1. The van der Waals surface area contributed by atoms with Crippen LogP contribution >= 0.6 is 0 Å². The third-order valence-corrected chi connectivity index (χ3v) is 9.93. The van der Waals surface area contributed by atoms with Crippen molar-refractivity contribution in [2.75, 3.05) is 20.6 Å². The first kappa shape index (κ1) is 37.5. The number of hydrogen-bond acceptors (Lipinski definition) is 9. The minimum atomic E-state index is -1.37. The van der Waals surface area contributed by atoms with Crippen molar-refractivity contribution in [3.63, 3.8) is 0 Å². The number of nitrogens with zero attached hydrogens (tertiary/aromatic N) is 6. The molecule has 0 bridgehead atoms. The number of rotatable bonds is 14. The zero-order chi connectivity index (χ0) is 38.9. The molecule has 0 saturated heterocycles. The molecule has 0 fully saturated rings. The Bertz CT molecular complexity index is 2340. The van der Waals surface area contributed by atoms with E-state index < -0.39 is 11.7 Å². The molecule has 0 aliphatic carbocycles. The molecule has 2 atom stereocenters. The van der Waals surface area contributed by atoms with Gasteiger partial charge in [0.2, 0.25) is 11.7 Å². The number of carbonyl (C=O) groups is 2. The first-order chi connectivity index (χ1) is 27.3. The summed E-state index contributed by atoms with van der Waals surface area (Å²) in [4.78, 5) is 30.8. The number of likely N-dealkylation sites (N-methyl/N-ethyl adjacent to an activating group) is 1. The lowest BCUT2D eigenvalue weighted by molar-refractivity contribution is -0.144. The average Bonchev–Trinajstić information content (AvgIpc) is 3.79. The van der Waals surface area contributed by atoms with Crippen molar-refractivity contribution in [2.45, 2.75) is 31.3 Å². The van der Waals surface area contributed by atoms with E-state index in [0.29, 0.717) is 31.0 Å². The highest BCUT2D eigenvalue weighted by atomic mass is 16.2. The molecular weight excluding hydrogens is 701 g/mol. The highest BCUT2D eigenvalue weighted by molar-refractivity contribution is 5.93. The number of hydrogen-bond donors (Lipinski definition) is 4. The van der Waals surface area contributed by atoms with Crippen molar-refractivity contribution in [1.82, 2.24) is 46.4 Å². The Morgan fingerprint density at radius 3 is 1.95 bits per heavy atom. The molecule has 7 rings (SSSR count). The molecule has 1 aliphatic rings. The summed E-state index contributed by atoms with van der Waals surface area (Å²) in [5.41, 5.74) is 6.78. The molecule has 0 spiro atoms. The average molecular weight is 743 g/mol. The molecule has 4 N–H and O–H groups in total. The third kappa shape index (κ3) is 8.30. The van der Waals surface area contributed by atoms with Gasteiger partial charge in [-0.25, -0.2) is 0 Å². The molecule has 12 heteroatoms. The summed E-state index contributed by atoms with van der Waals surface area (Å²) < 4.78 is 0. The highest BCUT2D eigenvalue weighted by Gasteiger charge is 2.49. The molecule has 5 aromatic carbocycles. The Kier molecular flexibility index (Phi) is 11.5. The number of H-pyrrole nitrogens is 1.